The Morgan fingerprint density at radius 3 is 2.47 bits per heavy atom. The highest BCUT2D eigenvalue weighted by atomic mass is 35.5. The molecular formula is C26H24ClN3O4. The first-order chi connectivity index (χ1) is 16.3. The second-order valence-corrected chi connectivity index (χ2v) is 8.49. The predicted octanol–water partition coefficient (Wildman–Crippen LogP) is 4.43. The van der Waals surface area contributed by atoms with Crippen molar-refractivity contribution >= 4 is 34.7 Å². The molecule has 0 saturated carbocycles. The van der Waals surface area contributed by atoms with Gasteiger partial charge in [-0.25, -0.2) is 0 Å². The number of carbonyl (C=O) groups is 2. The van der Waals surface area contributed by atoms with Crippen LogP contribution in [0.1, 0.15) is 22.9 Å². The molecule has 0 aliphatic carbocycles. The maximum Gasteiger partial charge on any atom is 0.296 e. The van der Waals surface area contributed by atoms with Crippen LogP contribution in [0.4, 0.5) is 5.69 Å². The molecule has 1 fully saturated rings. The molecule has 0 radical (unpaired) electrons. The van der Waals surface area contributed by atoms with E-state index in [-0.39, 0.29) is 28.5 Å². The molecule has 174 valence electrons. The minimum atomic E-state index is -0.819. The number of aliphatic hydroxyl groups excluding tert-OH is 1. The van der Waals surface area contributed by atoms with Crippen LogP contribution < -0.4 is 9.64 Å². The van der Waals surface area contributed by atoms with E-state index in [4.69, 9.17) is 16.3 Å². The van der Waals surface area contributed by atoms with Gasteiger partial charge in [-0.1, -0.05) is 29.8 Å². The Labute approximate surface area is 202 Å². The van der Waals surface area contributed by atoms with Crippen molar-refractivity contribution in [3.63, 3.8) is 0 Å². The first-order valence-electron chi connectivity index (χ1n) is 10.6. The summed E-state index contributed by atoms with van der Waals surface area (Å²) in [5.74, 6) is -1.39. The molecule has 1 amide bonds. The molecule has 1 unspecified atom stereocenters. The number of carbonyl (C=O) groups excluding carboxylic acids is 2. The predicted molar refractivity (Wildman–Crippen MR) is 131 cm³/mol. The normalized spacial score (nSPS) is 17.2. The molecule has 2 aromatic carbocycles. The van der Waals surface area contributed by atoms with Gasteiger partial charge >= 0.3 is 0 Å². The van der Waals surface area contributed by atoms with Crippen molar-refractivity contribution in [1.29, 1.82) is 0 Å². The maximum absolute atomic E-state index is 13.2. The molecule has 1 atom stereocenters. The first kappa shape index (κ1) is 23.3. The van der Waals surface area contributed by atoms with Gasteiger partial charge in [0.25, 0.3) is 11.7 Å². The minimum absolute atomic E-state index is 0.0336. The number of anilines is 1. The minimum Gasteiger partial charge on any atom is -0.507 e. The molecule has 0 spiro atoms. The van der Waals surface area contributed by atoms with E-state index in [0.717, 1.165) is 5.69 Å². The summed E-state index contributed by atoms with van der Waals surface area (Å²) < 4.78 is 5.25. The summed E-state index contributed by atoms with van der Waals surface area (Å²) in [6, 6.07) is 16.8. The summed E-state index contributed by atoms with van der Waals surface area (Å²) >= 11 is 6.35. The van der Waals surface area contributed by atoms with Crippen LogP contribution in [0.25, 0.3) is 5.76 Å². The van der Waals surface area contributed by atoms with Gasteiger partial charge in [0.2, 0.25) is 0 Å². The van der Waals surface area contributed by atoms with Crippen molar-refractivity contribution in [2.75, 3.05) is 26.1 Å². The zero-order chi connectivity index (χ0) is 24.4. The molecule has 4 rings (SSSR count). The van der Waals surface area contributed by atoms with Gasteiger partial charge in [0.05, 0.1) is 36.0 Å². The third-order valence-electron chi connectivity index (χ3n) is 5.75. The van der Waals surface area contributed by atoms with Crippen LogP contribution in [0.3, 0.4) is 0 Å². The van der Waals surface area contributed by atoms with Crippen LogP contribution in [-0.4, -0.2) is 47.9 Å². The summed E-state index contributed by atoms with van der Waals surface area (Å²) in [7, 11) is 5.34. The van der Waals surface area contributed by atoms with Gasteiger partial charge in [-0.3, -0.25) is 14.6 Å². The Morgan fingerprint density at radius 1 is 1.12 bits per heavy atom. The zero-order valence-electron chi connectivity index (χ0n) is 19.0. The van der Waals surface area contributed by atoms with Crippen LogP contribution in [0, 0.1) is 0 Å². The maximum atomic E-state index is 13.2. The lowest BCUT2D eigenvalue weighted by atomic mass is 9.95. The van der Waals surface area contributed by atoms with Crippen LogP contribution in [0.5, 0.6) is 5.75 Å². The second kappa shape index (κ2) is 9.57. The fraction of sp³-hybridized carbons (Fsp3) is 0.192. The molecule has 1 aliphatic heterocycles. The Bertz CT molecular complexity index is 1260. The summed E-state index contributed by atoms with van der Waals surface area (Å²) in [5, 5.41) is 11.5. The van der Waals surface area contributed by atoms with Gasteiger partial charge in [0.15, 0.2) is 0 Å². The van der Waals surface area contributed by atoms with Gasteiger partial charge in [-0.05, 0) is 48.0 Å². The lowest BCUT2D eigenvalue weighted by Gasteiger charge is -2.25. The number of aliphatic hydroxyl groups is 1. The van der Waals surface area contributed by atoms with Crippen LogP contribution >= 0.6 is 11.6 Å². The lowest BCUT2D eigenvalue weighted by Crippen LogP contribution is -2.29. The molecule has 34 heavy (non-hydrogen) atoms. The number of amides is 1. The van der Waals surface area contributed by atoms with E-state index in [1.54, 1.807) is 30.5 Å². The molecule has 8 heteroatoms. The van der Waals surface area contributed by atoms with Gasteiger partial charge < -0.3 is 19.6 Å². The summed E-state index contributed by atoms with van der Waals surface area (Å²) in [5.41, 5.74) is 2.45. The summed E-state index contributed by atoms with van der Waals surface area (Å²) in [4.78, 5) is 34.1. The van der Waals surface area contributed by atoms with Crippen molar-refractivity contribution in [2.45, 2.75) is 12.6 Å². The molecule has 2 heterocycles. The third-order valence-corrected chi connectivity index (χ3v) is 6.08. The summed E-state index contributed by atoms with van der Waals surface area (Å²) in [6.07, 6.45) is 1.63. The van der Waals surface area contributed by atoms with E-state index >= 15 is 0 Å². The molecule has 1 aromatic heterocycles. The smallest absolute Gasteiger partial charge is 0.296 e. The largest absolute Gasteiger partial charge is 0.507 e. The highest BCUT2D eigenvalue weighted by Crippen LogP contribution is 2.42. The molecule has 1 aliphatic rings. The van der Waals surface area contributed by atoms with E-state index in [2.05, 4.69) is 4.98 Å². The number of aromatic nitrogens is 1. The Hall–Kier alpha value is -3.84. The Morgan fingerprint density at radius 2 is 1.85 bits per heavy atom. The number of likely N-dealkylation sites (tertiary alicyclic amines) is 1. The first-order valence-corrected chi connectivity index (χ1v) is 11.0. The number of benzene rings is 2. The van der Waals surface area contributed by atoms with Crippen LogP contribution in [0.2, 0.25) is 5.02 Å². The van der Waals surface area contributed by atoms with Crippen LogP contribution in [0.15, 0.2) is 72.4 Å². The van der Waals surface area contributed by atoms with Crippen molar-refractivity contribution in [3.05, 3.63) is 94.3 Å². The fourth-order valence-corrected chi connectivity index (χ4v) is 4.18. The number of halogens is 1. The monoisotopic (exact) mass is 477 g/mol. The lowest BCUT2D eigenvalue weighted by molar-refractivity contribution is -0.140. The Balaban J connectivity index is 1.89. The standard InChI is InChI=1S/C26H24ClN3O4/c1-29(2)18-9-7-16(8-10-18)23-22(24(31)20-14-19(34-3)11-12-21(20)27)25(32)26(33)30(23)15-17-6-4-5-13-28-17/h4-14,23,31H,15H2,1-3H3/b24-22+. The number of ether oxygens (including phenoxy) is 1. The van der Waals surface area contributed by atoms with E-state index < -0.39 is 17.7 Å². The van der Waals surface area contributed by atoms with E-state index in [0.29, 0.717) is 17.0 Å². The van der Waals surface area contributed by atoms with Crippen molar-refractivity contribution in [1.82, 2.24) is 9.88 Å². The third kappa shape index (κ3) is 4.34. The van der Waals surface area contributed by atoms with E-state index in [1.807, 2.05) is 49.3 Å². The zero-order valence-corrected chi connectivity index (χ0v) is 19.8. The summed E-state index contributed by atoms with van der Waals surface area (Å²) in [6.45, 7) is 0.105. The number of hydrogen-bond donors (Lipinski definition) is 1. The average molecular weight is 478 g/mol. The fourth-order valence-electron chi connectivity index (χ4n) is 3.97. The van der Waals surface area contributed by atoms with Crippen molar-refractivity contribution in [3.8, 4) is 5.75 Å². The number of methoxy groups -OCH3 is 1. The Kier molecular flexibility index (Phi) is 6.56. The second-order valence-electron chi connectivity index (χ2n) is 8.08. The van der Waals surface area contributed by atoms with Crippen molar-refractivity contribution in [2.24, 2.45) is 0 Å². The highest BCUT2D eigenvalue weighted by Gasteiger charge is 2.46. The topological polar surface area (TPSA) is 83.0 Å². The molecule has 1 saturated heterocycles. The van der Waals surface area contributed by atoms with Gasteiger partial charge in [0, 0.05) is 31.5 Å². The highest BCUT2D eigenvalue weighted by molar-refractivity contribution is 6.47. The molecular weight excluding hydrogens is 454 g/mol. The molecule has 0 bridgehead atoms. The van der Waals surface area contributed by atoms with Gasteiger partial charge in [0.1, 0.15) is 11.5 Å². The number of ketones is 1. The van der Waals surface area contributed by atoms with Gasteiger partial charge in [-0.15, -0.1) is 0 Å². The average Bonchev–Trinajstić information content (AvgIpc) is 3.09. The number of Topliss-reactive ketones (excluding diaryl/α,β-unsaturated/α-hetero) is 1. The SMILES string of the molecule is COc1ccc(Cl)c(/C(O)=C2\C(=O)C(=O)N(Cc3ccccn3)C2c2ccc(N(C)C)cc2)c1. The van der Waals surface area contributed by atoms with E-state index in [1.165, 1.54) is 18.1 Å². The number of hydrogen-bond acceptors (Lipinski definition) is 6. The molecule has 7 nitrogen and oxygen atoms in total. The van der Waals surface area contributed by atoms with E-state index in [9.17, 15) is 14.7 Å². The van der Waals surface area contributed by atoms with Gasteiger partial charge in [-0.2, -0.15) is 0 Å². The quantitative estimate of drug-likeness (QED) is 0.321. The number of rotatable bonds is 6. The van der Waals surface area contributed by atoms with Crippen molar-refractivity contribution < 1.29 is 19.4 Å². The number of pyridine rings is 1. The molecule has 3 aromatic rings. The number of nitrogens with zero attached hydrogens (tertiary/aromatic N) is 3. The van der Waals surface area contributed by atoms with Crippen LogP contribution in [-0.2, 0) is 16.1 Å². The molecule has 1 N–H and O–H groups in total.